The molecule has 0 spiro atoms. The maximum absolute atomic E-state index is 9.37. The second-order valence-electron chi connectivity index (χ2n) is 2.91. The van der Waals surface area contributed by atoms with Gasteiger partial charge in [0.2, 0.25) is 0 Å². The Hall–Kier alpha value is -0.0951. The fraction of sp³-hybridized carbons (Fsp3) is 0.400. The van der Waals surface area contributed by atoms with Crippen molar-refractivity contribution in [3.05, 3.63) is 18.2 Å². The topological polar surface area (TPSA) is 40.5 Å². The zero-order chi connectivity index (χ0) is 11.3. The Balaban J connectivity index is 3.09. The first kappa shape index (κ1) is 13.0. The molecule has 1 rings (SSSR count). The van der Waals surface area contributed by atoms with Crippen LogP contribution in [-0.2, 0) is 0 Å². The van der Waals surface area contributed by atoms with Gasteiger partial charge in [-0.25, -0.2) is 0 Å². The van der Waals surface area contributed by atoms with E-state index in [2.05, 4.69) is 13.8 Å². The van der Waals surface area contributed by atoms with Gasteiger partial charge in [-0.3, -0.25) is 0 Å². The molecular formula is C10H15BO2S2. The smallest absolute Gasteiger partial charge is 0.423 e. The van der Waals surface area contributed by atoms with Gasteiger partial charge in [0, 0.05) is 15.3 Å². The molecule has 0 aliphatic rings. The summed E-state index contributed by atoms with van der Waals surface area (Å²) in [5.74, 6) is 1.86. The van der Waals surface area contributed by atoms with Gasteiger partial charge in [-0.05, 0) is 23.6 Å². The molecule has 0 radical (unpaired) electrons. The Morgan fingerprint density at radius 2 is 1.53 bits per heavy atom. The van der Waals surface area contributed by atoms with E-state index in [0.29, 0.717) is 5.46 Å². The predicted octanol–water partition coefficient (Wildman–Crippen LogP) is 1.59. The fourth-order valence-corrected chi connectivity index (χ4v) is 3.12. The Morgan fingerprint density at radius 1 is 1.07 bits per heavy atom. The number of thioether (sulfide) groups is 2. The van der Waals surface area contributed by atoms with Crippen LogP contribution in [0.5, 0.6) is 0 Å². The summed E-state index contributed by atoms with van der Waals surface area (Å²) in [7, 11) is -1.38. The van der Waals surface area contributed by atoms with Crippen LogP contribution < -0.4 is 5.46 Å². The van der Waals surface area contributed by atoms with Gasteiger partial charge in [0.05, 0.1) is 0 Å². The maximum atomic E-state index is 9.37. The van der Waals surface area contributed by atoms with Gasteiger partial charge < -0.3 is 10.0 Å². The first-order chi connectivity index (χ1) is 7.20. The molecule has 0 aliphatic heterocycles. The van der Waals surface area contributed by atoms with E-state index in [1.54, 1.807) is 23.5 Å². The van der Waals surface area contributed by atoms with Crippen molar-refractivity contribution in [3.63, 3.8) is 0 Å². The standard InChI is InChI=1S/C10H15BO2S2/c1-3-14-8-6-5-7-9(15-4-2)10(8)11(12)13/h5-7,12-13H,3-4H2,1-2H3. The quantitative estimate of drug-likeness (QED) is 0.607. The summed E-state index contributed by atoms with van der Waals surface area (Å²) in [6.07, 6.45) is 0. The van der Waals surface area contributed by atoms with Gasteiger partial charge in [-0.2, -0.15) is 0 Å². The third-order valence-corrected chi connectivity index (χ3v) is 3.80. The molecule has 1 aromatic carbocycles. The third kappa shape index (κ3) is 3.45. The highest BCUT2D eigenvalue weighted by Gasteiger charge is 2.20. The van der Waals surface area contributed by atoms with Gasteiger partial charge in [0.1, 0.15) is 0 Å². The Labute approximate surface area is 99.6 Å². The lowest BCUT2D eigenvalue weighted by atomic mass is 9.80. The van der Waals surface area contributed by atoms with Crippen LogP contribution in [0.1, 0.15) is 13.8 Å². The minimum absolute atomic E-state index is 0.649. The summed E-state index contributed by atoms with van der Waals surface area (Å²) in [5, 5.41) is 18.7. The van der Waals surface area contributed by atoms with Crippen molar-refractivity contribution in [2.75, 3.05) is 11.5 Å². The molecule has 0 unspecified atom stereocenters. The van der Waals surface area contributed by atoms with E-state index in [4.69, 9.17) is 0 Å². The van der Waals surface area contributed by atoms with Crippen molar-refractivity contribution in [1.29, 1.82) is 0 Å². The zero-order valence-corrected chi connectivity index (χ0v) is 10.6. The Bertz CT molecular complexity index is 294. The molecule has 0 heterocycles. The largest absolute Gasteiger partial charge is 0.490 e. The molecule has 2 N–H and O–H groups in total. The molecular weight excluding hydrogens is 227 g/mol. The molecule has 2 nitrogen and oxygen atoms in total. The van der Waals surface area contributed by atoms with Gasteiger partial charge in [-0.1, -0.05) is 19.9 Å². The molecule has 0 amide bonds. The Kier molecular flexibility index (Phi) is 5.60. The van der Waals surface area contributed by atoms with E-state index >= 15 is 0 Å². The summed E-state index contributed by atoms with van der Waals surface area (Å²) >= 11 is 3.27. The second-order valence-corrected chi connectivity index (χ2v) is 5.52. The number of benzene rings is 1. The SMILES string of the molecule is CCSc1cccc(SCC)c1B(O)O. The fourth-order valence-electron chi connectivity index (χ4n) is 1.34. The average Bonchev–Trinajstić information content (AvgIpc) is 2.18. The van der Waals surface area contributed by atoms with Crippen LogP contribution in [0.4, 0.5) is 0 Å². The first-order valence-corrected chi connectivity index (χ1v) is 6.92. The highest BCUT2D eigenvalue weighted by Crippen LogP contribution is 2.23. The molecule has 0 saturated carbocycles. The molecule has 1 aromatic rings. The molecule has 0 atom stereocenters. The van der Waals surface area contributed by atoms with Crippen LogP contribution in [-0.4, -0.2) is 28.7 Å². The predicted molar refractivity (Wildman–Crippen MR) is 69.1 cm³/mol. The zero-order valence-electron chi connectivity index (χ0n) is 8.93. The molecule has 0 aromatic heterocycles. The number of rotatable bonds is 5. The normalized spacial score (nSPS) is 10.4. The second kappa shape index (κ2) is 6.48. The van der Waals surface area contributed by atoms with Crippen molar-refractivity contribution in [2.24, 2.45) is 0 Å². The van der Waals surface area contributed by atoms with E-state index < -0.39 is 7.12 Å². The highest BCUT2D eigenvalue weighted by atomic mass is 32.2. The van der Waals surface area contributed by atoms with Crippen molar-refractivity contribution < 1.29 is 10.0 Å². The van der Waals surface area contributed by atoms with Crippen molar-refractivity contribution in [1.82, 2.24) is 0 Å². The van der Waals surface area contributed by atoms with Gasteiger partial charge in [-0.15, -0.1) is 23.5 Å². The van der Waals surface area contributed by atoms with Crippen LogP contribution in [0.15, 0.2) is 28.0 Å². The van der Waals surface area contributed by atoms with Crippen LogP contribution >= 0.6 is 23.5 Å². The van der Waals surface area contributed by atoms with Crippen LogP contribution in [0.25, 0.3) is 0 Å². The molecule has 0 aliphatic carbocycles. The minimum atomic E-state index is -1.38. The summed E-state index contributed by atoms with van der Waals surface area (Å²) in [4.78, 5) is 1.93. The van der Waals surface area contributed by atoms with Gasteiger partial charge >= 0.3 is 7.12 Å². The molecule has 0 fully saturated rings. The monoisotopic (exact) mass is 242 g/mol. The van der Waals surface area contributed by atoms with E-state index in [-0.39, 0.29) is 0 Å². The molecule has 15 heavy (non-hydrogen) atoms. The lowest BCUT2D eigenvalue weighted by molar-refractivity contribution is 0.424. The molecule has 5 heteroatoms. The van der Waals surface area contributed by atoms with Crippen LogP contribution in [0.3, 0.4) is 0 Å². The molecule has 82 valence electrons. The molecule has 0 bridgehead atoms. The lowest BCUT2D eigenvalue weighted by Crippen LogP contribution is -2.33. The van der Waals surface area contributed by atoms with Gasteiger partial charge in [0.15, 0.2) is 0 Å². The maximum Gasteiger partial charge on any atom is 0.490 e. The lowest BCUT2D eigenvalue weighted by Gasteiger charge is -2.12. The highest BCUT2D eigenvalue weighted by molar-refractivity contribution is 8.00. The van der Waals surface area contributed by atoms with E-state index in [0.717, 1.165) is 21.3 Å². The van der Waals surface area contributed by atoms with Gasteiger partial charge in [0.25, 0.3) is 0 Å². The number of hydrogen-bond acceptors (Lipinski definition) is 4. The summed E-state index contributed by atoms with van der Waals surface area (Å²) in [6.45, 7) is 4.11. The minimum Gasteiger partial charge on any atom is -0.423 e. The van der Waals surface area contributed by atoms with Crippen molar-refractivity contribution in [2.45, 2.75) is 23.6 Å². The summed E-state index contributed by atoms with van der Waals surface area (Å²) < 4.78 is 0. The number of hydrogen-bond donors (Lipinski definition) is 2. The van der Waals surface area contributed by atoms with Crippen LogP contribution in [0.2, 0.25) is 0 Å². The Morgan fingerprint density at radius 3 is 1.87 bits per heavy atom. The third-order valence-electron chi connectivity index (χ3n) is 1.88. The molecule has 0 saturated heterocycles. The van der Waals surface area contributed by atoms with E-state index in [1.807, 2.05) is 18.2 Å². The average molecular weight is 242 g/mol. The van der Waals surface area contributed by atoms with E-state index in [9.17, 15) is 10.0 Å². The van der Waals surface area contributed by atoms with Crippen molar-refractivity contribution >= 4 is 36.1 Å². The summed E-state index contributed by atoms with van der Waals surface area (Å²) in [5.41, 5.74) is 0.649. The summed E-state index contributed by atoms with van der Waals surface area (Å²) in [6, 6.07) is 5.83. The van der Waals surface area contributed by atoms with Crippen molar-refractivity contribution in [3.8, 4) is 0 Å². The van der Waals surface area contributed by atoms with Crippen LogP contribution in [0, 0.1) is 0 Å². The van der Waals surface area contributed by atoms with E-state index in [1.165, 1.54) is 0 Å². The first-order valence-electron chi connectivity index (χ1n) is 4.95.